The van der Waals surface area contributed by atoms with Crippen molar-refractivity contribution in [2.45, 2.75) is 109 Å². The normalized spacial score (nSPS) is 19.1. The van der Waals surface area contributed by atoms with E-state index in [2.05, 4.69) is 101 Å². The van der Waals surface area contributed by atoms with Crippen molar-refractivity contribution in [2.24, 2.45) is 11.8 Å². The first kappa shape index (κ1) is 90.0. The molecule has 2 unspecified atom stereocenters. The Morgan fingerprint density at radius 3 is 1.27 bits per heavy atom. The Balaban J connectivity index is 0.000000151. The molecule has 132 heavy (non-hydrogen) atoms. The Hall–Kier alpha value is -14.0. The molecule has 2 aromatic heterocycles. The van der Waals surface area contributed by atoms with E-state index in [1.54, 1.807) is 30.3 Å². The fourth-order valence-corrected chi connectivity index (χ4v) is 18.7. The molecule has 684 valence electrons. The van der Waals surface area contributed by atoms with Crippen LogP contribution in [0.5, 0.6) is 0 Å². The number of hydrogen-bond donors (Lipinski definition) is 9. The summed E-state index contributed by atoms with van der Waals surface area (Å²) in [4.78, 5) is 141. The van der Waals surface area contributed by atoms with Crippen molar-refractivity contribution < 1.29 is 75.0 Å². The lowest BCUT2D eigenvalue weighted by atomic mass is 9.96. The van der Waals surface area contributed by atoms with E-state index in [1.807, 2.05) is 72.8 Å². The molecule has 0 spiro atoms. The van der Waals surface area contributed by atoms with Gasteiger partial charge in [0.15, 0.2) is 11.6 Å². The van der Waals surface area contributed by atoms with E-state index in [0.717, 1.165) is 195 Å². The lowest BCUT2D eigenvalue weighted by Gasteiger charge is -2.45. The minimum Gasteiger partial charge on any atom is -0.381 e. The summed E-state index contributed by atoms with van der Waals surface area (Å²) in [5, 5.41) is 44.4. The van der Waals surface area contributed by atoms with Gasteiger partial charge in [-0.25, -0.2) is 17.6 Å². The second-order valence-electron chi connectivity index (χ2n) is 34.8. The van der Waals surface area contributed by atoms with Crippen LogP contribution >= 0.6 is 0 Å². The largest absolute Gasteiger partial charge is 0.381 e. The molecule has 2 atom stereocenters. The number of anilines is 8. The highest BCUT2D eigenvalue weighted by atomic mass is 19.1. The maximum Gasteiger partial charge on any atom is 0.262 e. The highest BCUT2D eigenvalue weighted by molar-refractivity contribution is 6.25. The molecule has 0 bridgehead atoms. The molecule has 10 amide bonds. The van der Waals surface area contributed by atoms with Crippen molar-refractivity contribution in [2.75, 3.05) is 152 Å². The van der Waals surface area contributed by atoms with Crippen molar-refractivity contribution in [3.63, 3.8) is 0 Å². The van der Waals surface area contributed by atoms with Gasteiger partial charge in [0, 0.05) is 206 Å². The second-order valence-corrected chi connectivity index (χ2v) is 34.8. The lowest BCUT2D eigenvalue weighted by Crippen LogP contribution is -2.55. The molecule has 8 aromatic carbocycles. The number of imide groups is 4. The number of aromatic nitrogens is 4. The van der Waals surface area contributed by atoms with Crippen molar-refractivity contribution in [3.05, 3.63) is 224 Å². The number of piperidine rings is 2. The molecule has 10 aromatic rings. The van der Waals surface area contributed by atoms with Crippen molar-refractivity contribution >= 4 is 127 Å². The van der Waals surface area contributed by atoms with E-state index in [9.17, 15) is 65.5 Å². The van der Waals surface area contributed by atoms with Gasteiger partial charge in [0.25, 0.3) is 35.4 Å². The molecule has 20 rings (SSSR count). The number of H-pyrrole nitrogens is 2. The molecule has 12 heterocycles. The first-order valence-corrected chi connectivity index (χ1v) is 44.8. The van der Waals surface area contributed by atoms with Crippen LogP contribution in [0.3, 0.4) is 0 Å². The van der Waals surface area contributed by atoms with E-state index in [4.69, 9.17) is 14.7 Å². The summed E-state index contributed by atoms with van der Waals surface area (Å²) in [5.74, 6) is -5.14. The first-order valence-electron chi connectivity index (χ1n) is 44.8. The fraction of sp³-hybridized carbons (Fsp3) is 0.371. The standard InChI is InChI=1S/C47H47F2N9O6.C30H32F2N6O2.C18H19N3O4.C2H3N/c48-30-18-28(19-31(49)21-30)17-27-1-6-39-38(20-27)43(54-53-39)52-44(60)36-5-3-34(23-40(36)50-32-9-15-64-16-10-32)56-13-11-55(12-14-56)24-29-25-57(26-29)33-2-4-35-37(22-33)47(63)58(46(35)62)41-7-8-42(59)51-45(41)61;31-21-14-20(15-22(32)17-21)13-19-1-4-27-26(16-19)29(37-36-27)35-30(39)25-3-2-24(38-9-7-33-8-10-38)18-28(25)34-23-5-11-40-12-6-23;1-2-10-8-20(9-10)11-3-4-12-13(7-11)18(25)21(17(12)24)14-5-6-15(22)19-16(14)23;1-2-3/h1-6,18-23,29,32,41,50H,7-17,24-26H2,(H,51,59,61)(H2,52,53,54,60);1-4,14-18,23,33-34H,5-13H2,(H2,35,36,37,39);3-4,7,10,14H,2,5-6,8-9H2,1H3,(H,19,22,23);1H3. The quantitative estimate of drug-likeness (QED) is 0.0238. The Labute approximate surface area is 757 Å². The number of nitriles is 1. The zero-order valence-corrected chi connectivity index (χ0v) is 73.0. The van der Waals surface area contributed by atoms with Crippen LogP contribution in [0, 0.1) is 46.4 Å². The van der Waals surface area contributed by atoms with Crippen molar-refractivity contribution in [3.8, 4) is 6.07 Å². The summed E-state index contributed by atoms with van der Waals surface area (Å²) < 4.78 is 66.3. The maximum absolute atomic E-state index is 14.0. The van der Waals surface area contributed by atoms with Crippen LogP contribution in [0.1, 0.15) is 156 Å². The summed E-state index contributed by atoms with van der Waals surface area (Å²) in [6.07, 6.45) is 5.66. The van der Waals surface area contributed by atoms with E-state index in [0.29, 0.717) is 107 Å². The van der Waals surface area contributed by atoms with Gasteiger partial charge in [-0.05, 0) is 207 Å². The Bertz CT molecular complexity index is 6140. The molecule has 8 saturated heterocycles. The number of benzene rings is 8. The third-order valence-electron chi connectivity index (χ3n) is 25.8. The summed E-state index contributed by atoms with van der Waals surface area (Å²) in [7, 11) is 0. The summed E-state index contributed by atoms with van der Waals surface area (Å²) in [5.41, 5.74) is 11.8. The van der Waals surface area contributed by atoms with Gasteiger partial charge >= 0.3 is 0 Å². The molecule has 0 saturated carbocycles. The monoisotopic (exact) mass is 1800 g/mol. The number of nitrogens with zero attached hydrogens (tertiary/aromatic N) is 10. The van der Waals surface area contributed by atoms with Gasteiger partial charge in [0.2, 0.25) is 23.6 Å². The summed E-state index contributed by atoms with van der Waals surface area (Å²) in [6.45, 7) is 17.8. The molecule has 10 aliphatic heterocycles. The number of fused-ring (bicyclic) bond motifs is 4. The van der Waals surface area contributed by atoms with Gasteiger partial charge < -0.3 is 55.7 Å². The number of nitrogens with one attached hydrogen (secondary N) is 9. The third kappa shape index (κ3) is 20.2. The Kier molecular flexibility index (Phi) is 27.1. The Morgan fingerprint density at radius 1 is 0.455 bits per heavy atom. The van der Waals surface area contributed by atoms with Gasteiger partial charge in [0.1, 0.15) is 35.4 Å². The fourth-order valence-electron chi connectivity index (χ4n) is 18.7. The molecule has 0 aliphatic carbocycles. The van der Waals surface area contributed by atoms with Crippen LogP contribution in [0.25, 0.3) is 21.8 Å². The number of carbonyl (C=O) groups is 10. The number of rotatable bonds is 21. The number of carbonyl (C=O) groups excluding carboxylic acids is 10. The van der Waals surface area contributed by atoms with Crippen LogP contribution in [-0.2, 0) is 41.5 Å². The number of piperazine rings is 2. The molecule has 9 N–H and O–H groups in total. The van der Waals surface area contributed by atoms with E-state index in [-0.39, 0.29) is 66.6 Å². The van der Waals surface area contributed by atoms with Crippen LogP contribution in [0.15, 0.2) is 146 Å². The van der Waals surface area contributed by atoms with Crippen LogP contribution < -0.4 is 56.8 Å². The van der Waals surface area contributed by atoms with Crippen molar-refractivity contribution in [1.29, 1.82) is 5.26 Å². The SMILES string of the molecule is CC#N.CCC1CN(c2ccc3c(c2)C(=O)N(C2CCC(=O)NC2=O)C3=O)C1.O=C(Nc1n[nH]c2ccc(Cc3cc(F)cc(F)c3)cc12)c1ccc(N2CCNCC2)cc1NC1CCOCC1.O=C1CCC(N2C(=O)c3ccc(N4CC(CN5CCN(c6ccc(C(=O)Nc7n[nH]c8ccc(Cc9cc(F)cc(F)c9)cc78)c(NC7CCOCC7)c6)CC5)C4)cc3C2=O)C(=O)N1. The van der Waals surface area contributed by atoms with Gasteiger partial charge in [-0.1, -0.05) is 19.1 Å². The van der Waals surface area contributed by atoms with Crippen LogP contribution in [0.4, 0.5) is 63.3 Å². The molecule has 31 nitrogen and oxygen atoms in total. The number of aromatic amines is 2. The van der Waals surface area contributed by atoms with Gasteiger partial charge in [-0.15, -0.1) is 0 Å². The van der Waals surface area contributed by atoms with E-state index in [1.165, 1.54) is 31.2 Å². The highest BCUT2D eigenvalue weighted by Crippen LogP contribution is 2.39. The molecule has 0 radical (unpaired) electrons. The minimum atomic E-state index is -0.993. The average molecular weight is 1800 g/mol. The molecule has 10 aliphatic rings. The van der Waals surface area contributed by atoms with Crippen LogP contribution in [0.2, 0.25) is 0 Å². The maximum atomic E-state index is 14.0. The molecular weight excluding hydrogens is 1700 g/mol. The summed E-state index contributed by atoms with van der Waals surface area (Å²) >= 11 is 0. The number of amides is 10. The number of hydrogen-bond acceptors (Lipinski definition) is 23. The molecule has 8 fully saturated rings. The van der Waals surface area contributed by atoms with Crippen LogP contribution in [-0.4, -0.2) is 230 Å². The van der Waals surface area contributed by atoms with E-state index < -0.39 is 76.7 Å². The topological polar surface area (TPSA) is 377 Å². The summed E-state index contributed by atoms with van der Waals surface area (Å²) in [6, 6.07) is 40.7. The van der Waals surface area contributed by atoms with Gasteiger partial charge in [-0.2, -0.15) is 15.5 Å². The van der Waals surface area contributed by atoms with E-state index >= 15 is 0 Å². The molecular formula is C97H101F4N19O12. The zero-order valence-electron chi connectivity index (χ0n) is 73.0. The third-order valence-corrected chi connectivity index (χ3v) is 25.8. The molecule has 35 heteroatoms. The second kappa shape index (κ2) is 39.8. The predicted octanol–water partition coefficient (Wildman–Crippen LogP) is 11.1. The average Bonchev–Trinajstić information content (AvgIpc) is 1.60. The number of ether oxygens (including phenoxy) is 2. The number of halogens is 4. The predicted molar refractivity (Wildman–Crippen MR) is 487 cm³/mol. The smallest absolute Gasteiger partial charge is 0.262 e. The Morgan fingerprint density at radius 2 is 0.848 bits per heavy atom. The zero-order chi connectivity index (χ0) is 92.0. The minimum absolute atomic E-state index is 0.0756. The first-order chi connectivity index (χ1) is 63.9. The highest BCUT2D eigenvalue weighted by Gasteiger charge is 2.47. The lowest BCUT2D eigenvalue weighted by molar-refractivity contribution is -0.137. The van der Waals surface area contributed by atoms with Crippen molar-refractivity contribution in [1.82, 2.24) is 51.0 Å². The van der Waals surface area contributed by atoms with Gasteiger partial charge in [0.05, 0.1) is 50.5 Å². The van der Waals surface area contributed by atoms with Gasteiger partial charge in [-0.3, -0.25) is 83.5 Å².